The summed E-state index contributed by atoms with van der Waals surface area (Å²) in [6.45, 7) is 17.0. The van der Waals surface area contributed by atoms with Crippen LogP contribution in [-0.2, 0) is 28.5 Å². The van der Waals surface area contributed by atoms with Gasteiger partial charge in [0.2, 0.25) is 5.91 Å². The Morgan fingerprint density at radius 1 is 1.24 bits per heavy atom. The number of fused-ring (bicyclic) bond motifs is 5. The van der Waals surface area contributed by atoms with Crippen molar-refractivity contribution < 1.29 is 38.4 Å². The first-order chi connectivity index (χ1) is 21.4. The van der Waals surface area contributed by atoms with Gasteiger partial charge < -0.3 is 39.0 Å². The predicted octanol–water partition coefficient (Wildman–Crippen LogP) is 5.63. The summed E-state index contributed by atoms with van der Waals surface area (Å²) in [4.78, 5) is 28.7. The highest BCUT2D eigenvalue weighted by atomic mass is 35.5. The van der Waals surface area contributed by atoms with E-state index in [0.29, 0.717) is 16.5 Å². The van der Waals surface area contributed by atoms with Crippen LogP contribution in [0.4, 0.5) is 5.69 Å². The first-order valence-corrected chi connectivity index (χ1v) is 16.0. The van der Waals surface area contributed by atoms with Gasteiger partial charge >= 0.3 is 5.97 Å². The van der Waals surface area contributed by atoms with E-state index >= 15 is 0 Å². The average Bonchev–Trinajstić information content (AvgIpc) is 3.68. The summed E-state index contributed by atoms with van der Waals surface area (Å²) >= 11 is 6.77. The molecular formula is C35H49ClN2O8. The molecule has 46 heavy (non-hydrogen) atoms. The molecule has 3 heterocycles. The van der Waals surface area contributed by atoms with Crippen LogP contribution >= 0.6 is 11.6 Å². The zero-order valence-electron chi connectivity index (χ0n) is 28.6. The molecule has 4 bridgehead atoms. The lowest BCUT2D eigenvalue weighted by Gasteiger charge is -2.44. The van der Waals surface area contributed by atoms with Gasteiger partial charge in [0, 0.05) is 32.4 Å². The lowest BCUT2D eigenvalue weighted by Crippen LogP contribution is -2.60. The number of benzene rings is 1. The number of carbonyl (C=O) groups excluding carboxylic acids is 2. The molecule has 1 amide bonds. The maximum absolute atomic E-state index is 14.0. The molecule has 4 rings (SSSR count). The van der Waals surface area contributed by atoms with Crippen molar-refractivity contribution in [2.24, 2.45) is 11.3 Å². The molecule has 0 radical (unpaired) electrons. The Labute approximate surface area is 277 Å². The third-order valence-corrected chi connectivity index (χ3v) is 9.91. The molecule has 2 fully saturated rings. The lowest BCUT2D eigenvalue weighted by atomic mass is 9.83. The van der Waals surface area contributed by atoms with Gasteiger partial charge in [-0.15, -0.1) is 0 Å². The number of hydrogen-bond donors (Lipinski definition) is 2. The number of allylic oxidation sites excluding steroid dienone is 3. The smallest absolute Gasteiger partial charge is 0.311 e. The predicted molar refractivity (Wildman–Crippen MR) is 177 cm³/mol. The fraction of sp³-hybridized carbons (Fsp3) is 0.600. The second-order valence-electron chi connectivity index (χ2n) is 13.9. The number of nitrogens with zero attached hydrogens (tertiary/aromatic N) is 1. The number of amides is 1. The van der Waals surface area contributed by atoms with E-state index in [2.05, 4.69) is 11.9 Å². The summed E-state index contributed by atoms with van der Waals surface area (Å²) in [5.74, 6) is -0.524. The van der Waals surface area contributed by atoms with Crippen molar-refractivity contribution in [3.05, 3.63) is 59.0 Å². The minimum atomic E-state index is -1.53. The van der Waals surface area contributed by atoms with Crippen molar-refractivity contribution in [1.29, 1.82) is 0 Å². The number of halogens is 1. The molecule has 254 valence electrons. The molecule has 1 aromatic carbocycles. The maximum Gasteiger partial charge on any atom is 0.311 e. The van der Waals surface area contributed by atoms with Crippen molar-refractivity contribution in [2.75, 3.05) is 26.2 Å². The number of methoxy groups -OCH3 is 2. The Morgan fingerprint density at radius 2 is 1.91 bits per heavy atom. The van der Waals surface area contributed by atoms with Crippen LogP contribution in [0, 0.1) is 11.3 Å². The standard InChI is InChI=1S/C35H49ClN2O8/c1-19-13-12-14-27(43-11)35(41)18-26(44-22(4)37-35)21(3)31-34(8,46-31)28(45-32(40)33(5,6)7)17-29(39)38(9)24-15-23(20(19)2)16-25(42-10)30(24)36/h12-16,20-21,26-28,31,37,41H,4,17-18H2,1-3,5-11H3/b14-12+,19-13+/t20?,21-,26+,27-,28+,31+,34+,35+/m1/s1. The molecule has 10 nitrogen and oxygen atoms in total. The van der Waals surface area contributed by atoms with Crippen LogP contribution in [-0.4, -0.2) is 74.0 Å². The fourth-order valence-electron chi connectivity index (χ4n) is 6.15. The fourth-order valence-corrected chi connectivity index (χ4v) is 6.46. The summed E-state index contributed by atoms with van der Waals surface area (Å²) in [7, 11) is 4.70. The number of ether oxygens (including phenoxy) is 5. The van der Waals surface area contributed by atoms with Crippen LogP contribution in [0.25, 0.3) is 0 Å². The number of hydrogen-bond acceptors (Lipinski definition) is 9. The molecule has 1 unspecified atom stereocenters. The monoisotopic (exact) mass is 660 g/mol. The Balaban J connectivity index is 1.84. The first kappa shape index (κ1) is 35.8. The highest BCUT2D eigenvalue weighted by molar-refractivity contribution is 6.35. The zero-order chi connectivity index (χ0) is 34.4. The van der Waals surface area contributed by atoms with E-state index in [1.807, 2.05) is 52.0 Å². The van der Waals surface area contributed by atoms with Crippen LogP contribution in [0.15, 0.2) is 48.4 Å². The van der Waals surface area contributed by atoms with Crippen molar-refractivity contribution in [2.45, 2.75) is 103 Å². The molecule has 3 aliphatic heterocycles. The molecule has 11 heteroatoms. The molecular weight excluding hydrogens is 612 g/mol. The van der Waals surface area contributed by atoms with Crippen molar-refractivity contribution in [3.63, 3.8) is 0 Å². The highest BCUT2D eigenvalue weighted by Crippen LogP contribution is 2.50. The van der Waals surface area contributed by atoms with Gasteiger partial charge in [0.15, 0.2) is 11.6 Å². The van der Waals surface area contributed by atoms with Crippen LogP contribution < -0.4 is 15.0 Å². The molecule has 8 atom stereocenters. The van der Waals surface area contributed by atoms with Gasteiger partial charge in [-0.1, -0.05) is 49.2 Å². The van der Waals surface area contributed by atoms with Gasteiger partial charge in [-0.05, 0) is 58.9 Å². The van der Waals surface area contributed by atoms with Gasteiger partial charge in [0.25, 0.3) is 0 Å². The Morgan fingerprint density at radius 3 is 2.52 bits per heavy atom. The average molecular weight is 661 g/mol. The summed E-state index contributed by atoms with van der Waals surface area (Å²) in [6.07, 6.45) is 2.94. The number of anilines is 1. The van der Waals surface area contributed by atoms with Gasteiger partial charge in [-0.3, -0.25) is 9.59 Å². The van der Waals surface area contributed by atoms with Gasteiger partial charge in [0.05, 0.1) is 30.7 Å². The van der Waals surface area contributed by atoms with Crippen LogP contribution in [0.5, 0.6) is 5.75 Å². The summed E-state index contributed by atoms with van der Waals surface area (Å²) in [6, 6.07) is 3.73. The number of nitrogens with one attached hydrogen (secondary N) is 1. The second kappa shape index (κ2) is 13.2. The van der Waals surface area contributed by atoms with Crippen LogP contribution in [0.2, 0.25) is 5.02 Å². The van der Waals surface area contributed by atoms with E-state index in [1.54, 1.807) is 33.9 Å². The number of carbonyl (C=O) groups is 2. The van der Waals surface area contributed by atoms with Gasteiger partial charge in [0.1, 0.15) is 34.7 Å². The summed E-state index contributed by atoms with van der Waals surface area (Å²) < 4.78 is 29.8. The number of epoxide rings is 1. The largest absolute Gasteiger partial charge is 0.495 e. The first-order valence-electron chi connectivity index (χ1n) is 15.6. The van der Waals surface area contributed by atoms with Gasteiger partial charge in [-0.25, -0.2) is 0 Å². The number of rotatable bonds is 3. The van der Waals surface area contributed by atoms with Crippen molar-refractivity contribution >= 4 is 29.2 Å². The third-order valence-electron chi connectivity index (χ3n) is 9.53. The summed E-state index contributed by atoms with van der Waals surface area (Å²) in [5, 5.41) is 15.1. The Kier molecular flexibility index (Phi) is 10.3. The van der Waals surface area contributed by atoms with Crippen molar-refractivity contribution in [1.82, 2.24) is 5.32 Å². The van der Waals surface area contributed by atoms with E-state index in [1.165, 1.54) is 19.1 Å². The minimum Gasteiger partial charge on any atom is -0.495 e. The van der Waals surface area contributed by atoms with Crippen LogP contribution in [0.3, 0.4) is 0 Å². The minimum absolute atomic E-state index is 0.0875. The lowest BCUT2D eigenvalue weighted by molar-refractivity contribution is -0.163. The number of aliphatic hydroxyl groups is 1. The topological polar surface area (TPSA) is 119 Å². The second-order valence-corrected chi connectivity index (χ2v) is 14.3. The SMILES string of the molecule is C=C1N[C@]2(O)C[C@H](O1)[C@@H](C)[C@@H]1O[C@@]1(C)[C@@H](OC(=O)C(C)(C)C)CC(=O)N(C)c1cc(cc(OC)c1Cl)C(C)/C(C)=C/C=C/[C@H]2OC. The Bertz CT molecular complexity index is 1420. The summed E-state index contributed by atoms with van der Waals surface area (Å²) in [5.41, 5.74) is -0.993. The Hall–Kier alpha value is -3.05. The van der Waals surface area contributed by atoms with E-state index in [9.17, 15) is 14.7 Å². The molecule has 1 aromatic rings. The van der Waals surface area contributed by atoms with E-state index in [4.69, 9.17) is 35.3 Å². The highest BCUT2D eigenvalue weighted by Gasteiger charge is 2.64. The normalized spacial score (nSPS) is 35.6. The molecule has 2 N–H and O–H groups in total. The molecule has 0 saturated carbocycles. The zero-order valence-corrected chi connectivity index (χ0v) is 29.4. The third kappa shape index (κ3) is 7.10. The quantitative estimate of drug-likeness (QED) is 0.314. The molecule has 3 aliphatic rings. The molecule has 0 aliphatic carbocycles. The van der Waals surface area contributed by atoms with E-state index in [0.717, 1.165) is 11.1 Å². The van der Waals surface area contributed by atoms with E-state index < -0.39 is 47.1 Å². The van der Waals surface area contributed by atoms with Crippen LogP contribution in [0.1, 0.15) is 72.8 Å². The van der Waals surface area contributed by atoms with Crippen molar-refractivity contribution in [3.8, 4) is 5.75 Å². The molecule has 0 spiro atoms. The van der Waals surface area contributed by atoms with Gasteiger partial charge in [-0.2, -0.15) is 0 Å². The molecule has 0 aromatic heterocycles. The maximum atomic E-state index is 14.0. The molecule has 2 saturated heterocycles. The van der Waals surface area contributed by atoms with E-state index in [-0.39, 0.29) is 36.5 Å². The number of esters is 1.